The number of nitro benzene ring substituents is 1. The third-order valence-electron chi connectivity index (χ3n) is 2.08. The standard InChI is InChI=1S/C11H7N3O3/c12-6-9(7-13)11(15)5-8-2-1-3-10(4-8)14(16)17/h1-4,9H,5H2. The van der Waals surface area contributed by atoms with Gasteiger partial charge in [0, 0.05) is 18.6 Å². The molecule has 0 aliphatic carbocycles. The molecule has 0 bridgehead atoms. The van der Waals surface area contributed by atoms with E-state index in [0.717, 1.165) is 0 Å². The Morgan fingerprint density at radius 1 is 1.41 bits per heavy atom. The van der Waals surface area contributed by atoms with E-state index in [-0.39, 0.29) is 12.1 Å². The molecule has 0 aliphatic heterocycles. The van der Waals surface area contributed by atoms with Gasteiger partial charge in [0.1, 0.15) is 0 Å². The van der Waals surface area contributed by atoms with Crippen LogP contribution >= 0.6 is 0 Å². The van der Waals surface area contributed by atoms with Crippen molar-refractivity contribution in [2.24, 2.45) is 5.92 Å². The molecular formula is C11H7N3O3. The van der Waals surface area contributed by atoms with E-state index in [0.29, 0.717) is 5.56 Å². The van der Waals surface area contributed by atoms with E-state index in [4.69, 9.17) is 10.5 Å². The lowest BCUT2D eigenvalue weighted by Gasteiger charge is -2.00. The van der Waals surface area contributed by atoms with Crippen LogP contribution in [-0.2, 0) is 11.2 Å². The normalized spacial score (nSPS) is 9.35. The number of hydrogen-bond donors (Lipinski definition) is 0. The maximum Gasteiger partial charge on any atom is 0.269 e. The van der Waals surface area contributed by atoms with Crippen molar-refractivity contribution < 1.29 is 9.72 Å². The first-order valence-electron chi connectivity index (χ1n) is 4.63. The molecule has 0 radical (unpaired) electrons. The average molecular weight is 229 g/mol. The van der Waals surface area contributed by atoms with Crippen molar-refractivity contribution in [2.45, 2.75) is 6.42 Å². The fourth-order valence-electron chi connectivity index (χ4n) is 1.26. The zero-order valence-corrected chi connectivity index (χ0v) is 8.66. The first-order chi connectivity index (χ1) is 8.08. The zero-order chi connectivity index (χ0) is 12.8. The Labute approximate surface area is 96.9 Å². The molecule has 0 aliphatic rings. The lowest BCUT2D eigenvalue weighted by atomic mass is 10.00. The van der Waals surface area contributed by atoms with E-state index in [2.05, 4.69) is 0 Å². The number of carbonyl (C=O) groups excluding carboxylic acids is 1. The van der Waals surface area contributed by atoms with Crippen LogP contribution in [0.25, 0.3) is 0 Å². The van der Waals surface area contributed by atoms with Crippen molar-refractivity contribution in [3.05, 3.63) is 39.9 Å². The van der Waals surface area contributed by atoms with E-state index in [1.165, 1.54) is 24.3 Å². The lowest BCUT2D eigenvalue weighted by Crippen LogP contribution is -2.13. The fraction of sp³-hybridized carbons (Fsp3) is 0.182. The number of nitrogens with zero attached hydrogens (tertiary/aromatic N) is 3. The second-order valence-electron chi connectivity index (χ2n) is 3.26. The van der Waals surface area contributed by atoms with Crippen LogP contribution in [0.5, 0.6) is 0 Å². The molecular weight excluding hydrogens is 222 g/mol. The molecule has 6 heteroatoms. The van der Waals surface area contributed by atoms with Gasteiger partial charge in [-0.15, -0.1) is 0 Å². The summed E-state index contributed by atoms with van der Waals surface area (Å²) in [5.41, 5.74) is 0.292. The van der Waals surface area contributed by atoms with Gasteiger partial charge in [-0.2, -0.15) is 10.5 Å². The van der Waals surface area contributed by atoms with Crippen LogP contribution < -0.4 is 0 Å². The third-order valence-corrected chi connectivity index (χ3v) is 2.08. The number of nitro groups is 1. The van der Waals surface area contributed by atoms with Gasteiger partial charge in [0.15, 0.2) is 11.7 Å². The highest BCUT2D eigenvalue weighted by Gasteiger charge is 2.18. The summed E-state index contributed by atoms with van der Waals surface area (Å²) in [5, 5.41) is 27.5. The minimum atomic E-state index is -1.32. The first kappa shape index (κ1) is 12.3. The number of non-ortho nitro benzene ring substituents is 1. The van der Waals surface area contributed by atoms with Gasteiger partial charge >= 0.3 is 0 Å². The van der Waals surface area contributed by atoms with Gasteiger partial charge in [0.2, 0.25) is 0 Å². The maximum absolute atomic E-state index is 11.4. The molecule has 0 heterocycles. The summed E-state index contributed by atoms with van der Waals surface area (Å²) in [5.74, 6) is -1.88. The molecule has 1 aromatic carbocycles. The number of hydrogen-bond acceptors (Lipinski definition) is 5. The van der Waals surface area contributed by atoms with Gasteiger partial charge in [-0.1, -0.05) is 12.1 Å². The summed E-state index contributed by atoms with van der Waals surface area (Å²) in [7, 11) is 0. The lowest BCUT2D eigenvalue weighted by molar-refractivity contribution is -0.384. The van der Waals surface area contributed by atoms with E-state index >= 15 is 0 Å². The van der Waals surface area contributed by atoms with Crippen LogP contribution in [-0.4, -0.2) is 10.7 Å². The zero-order valence-electron chi connectivity index (χ0n) is 8.66. The van der Waals surface area contributed by atoms with Crippen molar-refractivity contribution in [3.63, 3.8) is 0 Å². The highest BCUT2D eigenvalue weighted by molar-refractivity contribution is 5.87. The molecule has 84 valence electrons. The predicted octanol–water partition coefficient (Wildman–Crippen LogP) is 1.37. The topological polar surface area (TPSA) is 108 Å². The van der Waals surface area contributed by atoms with Crippen LogP contribution in [0.15, 0.2) is 24.3 Å². The summed E-state index contributed by atoms with van der Waals surface area (Å²) in [6, 6.07) is 8.68. The van der Waals surface area contributed by atoms with Crippen molar-refractivity contribution in [1.29, 1.82) is 10.5 Å². The molecule has 17 heavy (non-hydrogen) atoms. The predicted molar refractivity (Wildman–Crippen MR) is 56.5 cm³/mol. The van der Waals surface area contributed by atoms with Gasteiger partial charge < -0.3 is 0 Å². The number of rotatable bonds is 4. The SMILES string of the molecule is N#CC(C#N)C(=O)Cc1cccc([N+](=O)[O-])c1. The summed E-state index contributed by atoms with van der Waals surface area (Å²) in [6.07, 6.45) is -0.159. The Kier molecular flexibility index (Phi) is 3.91. The summed E-state index contributed by atoms with van der Waals surface area (Å²) >= 11 is 0. The van der Waals surface area contributed by atoms with E-state index in [1.807, 2.05) is 0 Å². The van der Waals surface area contributed by atoms with E-state index < -0.39 is 16.6 Å². The molecule has 0 N–H and O–H groups in total. The Balaban J connectivity index is 2.87. The summed E-state index contributed by atoms with van der Waals surface area (Å²) < 4.78 is 0. The molecule has 0 aromatic heterocycles. The minimum absolute atomic E-state index is 0.124. The number of benzene rings is 1. The molecule has 1 rings (SSSR count). The molecule has 0 amide bonds. The monoisotopic (exact) mass is 229 g/mol. The van der Waals surface area contributed by atoms with E-state index in [9.17, 15) is 14.9 Å². The maximum atomic E-state index is 11.4. The van der Waals surface area contributed by atoms with Gasteiger partial charge in [-0.05, 0) is 5.56 Å². The molecule has 0 atom stereocenters. The largest absolute Gasteiger partial charge is 0.297 e. The minimum Gasteiger partial charge on any atom is -0.297 e. The van der Waals surface area contributed by atoms with Crippen LogP contribution in [0.1, 0.15) is 5.56 Å². The Bertz CT molecular complexity index is 526. The van der Waals surface area contributed by atoms with Crippen LogP contribution in [0.2, 0.25) is 0 Å². The number of Topliss-reactive ketones (excluding diaryl/α,β-unsaturated/α-hetero) is 1. The second-order valence-corrected chi connectivity index (χ2v) is 3.26. The molecule has 0 saturated carbocycles. The summed E-state index contributed by atoms with van der Waals surface area (Å²) in [4.78, 5) is 21.4. The molecule has 0 fully saturated rings. The number of nitriles is 2. The van der Waals surface area contributed by atoms with E-state index in [1.54, 1.807) is 12.1 Å². The Morgan fingerprint density at radius 2 is 2.06 bits per heavy atom. The number of ketones is 1. The molecule has 0 unspecified atom stereocenters. The van der Waals surface area contributed by atoms with Gasteiger partial charge in [-0.25, -0.2) is 0 Å². The third kappa shape index (κ3) is 3.11. The van der Waals surface area contributed by atoms with Crippen molar-refractivity contribution in [3.8, 4) is 12.1 Å². The van der Waals surface area contributed by atoms with Crippen molar-refractivity contribution >= 4 is 11.5 Å². The highest BCUT2D eigenvalue weighted by atomic mass is 16.6. The second kappa shape index (κ2) is 5.38. The number of carbonyl (C=O) groups is 1. The molecule has 1 aromatic rings. The van der Waals surface area contributed by atoms with Crippen LogP contribution in [0.4, 0.5) is 5.69 Å². The summed E-state index contributed by atoms with van der Waals surface area (Å²) in [6.45, 7) is 0. The smallest absolute Gasteiger partial charge is 0.269 e. The van der Waals surface area contributed by atoms with Crippen LogP contribution in [0.3, 0.4) is 0 Å². The van der Waals surface area contributed by atoms with Gasteiger partial charge in [-0.3, -0.25) is 14.9 Å². The van der Waals surface area contributed by atoms with Gasteiger partial charge in [0.25, 0.3) is 5.69 Å². The Hall–Kier alpha value is -2.73. The van der Waals surface area contributed by atoms with Gasteiger partial charge in [0.05, 0.1) is 17.1 Å². The van der Waals surface area contributed by atoms with Crippen molar-refractivity contribution in [2.75, 3.05) is 0 Å². The molecule has 6 nitrogen and oxygen atoms in total. The molecule has 0 saturated heterocycles. The Morgan fingerprint density at radius 3 is 2.59 bits per heavy atom. The van der Waals surface area contributed by atoms with Crippen molar-refractivity contribution in [1.82, 2.24) is 0 Å². The fourth-order valence-corrected chi connectivity index (χ4v) is 1.26. The quantitative estimate of drug-likeness (QED) is 0.572. The van der Waals surface area contributed by atoms with Crippen LogP contribution in [0, 0.1) is 38.7 Å². The average Bonchev–Trinajstić information content (AvgIpc) is 2.30. The first-order valence-corrected chi connectivity index (χ1v) is 4.63. The molecule has 0 spiro atoms. The highest BCUT2D eigenvalue weighted by Crippen LogP contribution is 2.14.